The lowest BCUT2D eigenvalue weighted by molar-refractivity contribution is 0.0640. The molecule has 1 N–H and O–H groups in total. The van der Waals surface area contributed by atoms with E-state index in [2.05, 4.69) is 15.3 Å². The number of imide groups is 1. The Labute approximate surface area is 192 Å². The van der Waals surface area contributed by atoms with E-state index in [1.54, 1.807) is 24.4 Å². The van der Waals surface area contributed by atoms with Crippen molar-refractivity contribution in [2.45, 2.75) is 13.5 Å². The molecule has 0 fully saturated rings. The van der Waals surface area contributed by atoms with Gasteiger partial charge in [0.05, 0.1) is 40.2 Å². The maximum absolute atomic E-state index is 12.9. The fraction of sp³-hybridized carbons (Fsp3) is 0.125. The number of ether oxygens (including phenoxy) is 1. The molecule has 8 nitrogen and oxygen atoms in total. The first kappa shape index (κ1) is 20.8. The zero-order valence-electron chi connectivity index (χ0n) is 17.6. The molecule has 33 heavy (non-hydrogen) atoms. The lowest BCUT2D eigenvalue weighted by Crippen LogP contribution is -2.29. The number of fused-ring (bicyclic) bond motifs is 2. The summed E-state index contributed by atoms with van der Waals surface area (Å²) < 4.78 is 6.39. The number of nitrogens with one attached hydrogen (secondary N) is 1. The van der Waals surface area contributed by atoms with Gasteiger partial charge in [-0.05, 0) is 55.5 Å². The fourth-order valence-electron chi connectivity index (χ4n) is 3.61. The molecule has 0 atom stereocenters. The summed E-state index contributed by atoms with van der Waals surface area (Å²) in [6.45, 7) is 2.55. The number of pyridine rings is 1. The minimum absolute atomic E-state index is 0.0736. The fourth-order valence-corrected chi connectivity index (χ4v) is 4.50. The number of nitrogens with zero attached hydrogens (tertiary/aromatic N) is 3. The van der Waals surface area contributed by atoms with Gasteiger partial charge < -0.3 is 4.74 Å². The molecule has 0 aliphatic carbocycles. The van der Waals surface area contributed by atoms with Gasteiger partial charge in [-0.2, -0.15) is 0 Å². The third kappa shape index (κ3) is 3.94. The van der Waals surface area contributed by atoms with Crippen LogP contribution in [0.1, 0.15) is 43.7 Å². The van der Waals surface area contributed by atoms with E-state index in [1.807, 2.05) is 25.1 Å². The maximum Gasteiger partial charge on any atom is 0.261 e. The molecule has 4 aromatic rings. The second-order valence-corrected chi connectivity index (χ2v) is 8.34. The first-order valence-corrected chi connectivity index (χ1v) is 11.1. The van der Waals surface area contributed by atoms with Crippen LogP contribution in [0.25, 0.3) is 10.2 Å². The van der Waals surface area contributed by atoms with Crippen molar-refractivity contribution < 1.29 is 19.1 Å². The normalized spacial score (nSPS) is 12.8. The van der Waals surface area contributed by atoms with Crippen LogP contribution in [-0.2, 0) is 6.54 Å². The third-order valence-corrected chi connectivity index (χ3v) is 6.10. The van der Waals surface area contributed by atoms with Crippen molar-refractivity contribution in [3.05, 3.63) is 83.2 Å². The average Bonchev–Trinajstić information content (AvgIpc) is 3.33. The minimum Gasteiger partial charge on any atom is -0.494 e. The van der Waals surface area contributed by atoms with E-state index in [0.29, 0.717) is 17.4 Å². The molecule has 2 aromatic heterocycles. The highest BCUT2D eigenvalue weighted by Gasteiger charge is 2.36. The number of thiazole rings is 1. The maximum atomic E-state index is 12.9. The number of rotatable bonds is 6. The summed E-state index contributed by atoms with van der Waals surface area (Å²) in [5.74, 6) is -0.517. The Morgan fingerprint density at radius 3 is 2.70 bits per heavy atom. The molecule has 0 spiro atoms. The second-order valence-electron chi connectivity index (χ2n) is 7.31. The van der Waals surface area contributed by atoms with E-state index in [9.17, 15) is 14.4 Å². The summed E-state index contributed by atoms with van der Waals surface area (Å²) in [5.41, 5.74) is 2.10. The summed E-state index contributed by atoms with van der Waals surface area (Å²) in [7, 11) is 0. The van der Waals surface area contributed by atoms with Crippen LogP contribution >= 0.6 is 11.3 Å². The predicted octanol–water partition coefficient (Wildman–Crippen LogP) is 4.14. The Kier molecular flexibility index (Phi) is 5.31. The highest BCUT2D eigenvalue weighted by molar-refractivity contribution is 7.22. The second kappa shape index (κ2) is 8.44. The summed E-state index contributed by atoms with van der Waals surface area (Å²) in [5, 5.41) is 3.21. The number of hydrogen-bond acceptors (Lipinski definition) is 7. The van der Waals surface area contributed by atoms with Gasteiger partial charge in [-0.3, -0.25) is 29.6 Å². The first-order chi connectivity index (χ1) is 16.0. The summed E-state index contributed by atoms with van der Waals surface area (Å²) >= 11 is 1.33. The quantitative estimate of drug-likeness (QED) is 0.436. The highest BCUT2D eigenvalue weighted by atomic mass is 32.1. The molecule has 9 heteroatoms. The van der Waals surface area contributed by atoms with Crippen LogP contribution in [0.3, 0.4) is 0 Å². The zero-order valence-corrected chi connectivity index (χ0v) is 18.4. The van der Waals surface area contributed by atoms with Crippen LogP contribution in [-0.4, -0.2) is 39.2 Å². The Morgan fingerprint density at radius 2 is 1.91 bits per heavy atom. The lowest BCUT2D eigenvalue weighted by atomic mass is 10.1. The topological polar surface area (TPSA) is 101 Å². The van der Waals surface area contributed by atoms with Gasteiger partial charge in [-0.25, -0.2) is 4.98 Å². The van der Waals surface area contributed by atoms with Gasteiger partial charge in [0.25, 0.3) is 17.7 Å². The van der Waals surface area contributed by atoms with Gasteiger partial charge in [0.1, 0.15) is 5.75 Å². The smallest absolute Gasteiger partial charge is 0.261 e. The molecule has 1 aliphatic rings. The molecule has 5 rings (SSSR count). The van der Waals surface area contributed by atoms with E-state index in [0.717, 1.165) is 20.9 Å². The van der Waals surface area contributed by atoms with E-state index in [4.69, 9.17) is 4.74 Å². The number of benzene rings is 2. The van der Waals surface area contributed by atoms with E-state index < -0.39 is 17.7 Å². The third-order valence-electron chi connectivity index (χ3n) is 5.17. The Morgan fingerprint density at radius 1 is 1.06 bits per heavy atom. The van der Waals surface area contributed by atoms with Gasteiger partial charge in [0.15, 0.2) is 5.13 Å². The van der Waals surface area contributed by atoms with Crippen LogP contribution in [0.15, 0.2) is 60.8 Å². The largest absolute Gasteiger partial charge is 0.494 e. The van der Waals surface area contributed by atoms with Crippen LogP contribution in [0.4, 0.5) is 5.13 Å². The average molecular weight is 458 g/mol. The molecule has 1 aliphatic heterocycles. The molecular formula is C24H18N4O4S. The number of carbonyl (C=O) groups is 3. The van der Waals surface area contributed by atoms with Crippen molar-refractivity contribution in [1.29, 1.82) is 0 Å². The minimum atomic E-state index is -0.446. The van der Waals surface area contributed by atoms with Crippen LogP contribution < -0.4 is 10.1 Å². The summed E-state index contributed by atoms with van der Waals surface area (Å²) in [6.07, 6.45) is 1.61. The number of amides is 3. The standard InChI is InChI=1S/C24H18N4O4S/c1-2-32-16-7-9-19-20(12-16)33-24(26-19)27-21(29)14-6-8-17-18(11-14)23(31)28(22(17)30)13-15-5-3-4-10-25-15/h3-12H,2,13H2,1H3,(H,26,27,29). The van der Waals surface area contributed by atoms with Crippen molar-refractivity contribution in [1.82, 2.24) is 14.9 Å². The van der Waals surface area contributed by atoms with Crippen molar-refractivity contribution in [3.63, 3.8) is 0 Å². The van der Waals surface area contributed by atoms with Crippen molar-refractivity contribution in [2.24, 2.45) is 0 Å². The molecule has 0 bridgehead atoms. The highest BCUT2D eigenvalue weighted by Crippen LogP contribution is 2.30. The summed E-state index contributed by atoms with van der Waals surface area (Å²) in [6, 6.07) is 15.3. The predicted molar refractivity (Wildman–Crippen MR) is 124 cm³/mol. The molecule has 0 saturated carbocycles. The number of anilines is 1. The van der Waals surface area contributed by atoms with Crippen LogP contribution in [0, 0.1) is 0 Å². The van der Waals surface area contributed by atoms with Gasteiger partial charge in [-0.1, -0.05) is 17.4 Å². The molecule has 0 unspecified atom stereocenters. The zero-order chi connectivity index (χ0) is 22.9. The lowest BCUT2D eigenvalue weighted by Gasteiger charge is -2.12. The van der Waals surface area contributed by atoms with E-state index >= 15 is 0 Å². The number of aromatic nitrogens is 2. The molecule has 0 radical (unpaired) electrons. The van der Waals surface area contributed by atoms with Gasteiger partial charge in [-0.15, -0.1) is 0 Å². The summed E-state index contributed by atoms with van der Waals surface area (Å²) in [4.78, 5) is 48.2. The Balaban J connectivity index is 1.35. The molecule has 0 saturated heterocycles. The number of hydrogen-bond donors (Lipinski definition) is 1. The van der Waals surface area contributed by atoms with Crippen molar-refractivity contribution >= 4 is 44.4 Å². The van der Waals surface area contributed by atoms with Crippen molar-refractivity contribution in [3.8, 4) is 5.75 Å². The van der Waals surface area contributed by atoms with Gasteiger partial charge in [0.2, 0.25) is 0 Å². The van der Waals surface area contributed by atoms with Crippen LogP contribution in [0.5, 0.6) is 5.75 Å². The molecular weight excluding hydrogens is 440 g/mol. The molecule has 2 aromatic carbocycles. The van der Waals surface area contributed by atoms with E-state index in [-0.39, 0.29) is 23.2 Å². The molecule has 3 amide bonds. The van der Waals surface area contributed by atoms with Gasteiger partial charge >= 0.3 is 0 Å². The Hall–Kier alpha value is -4.11. The Bertz CT molecular complexity index is 1400. The van der Waals surface area contributed by atoms with Crippen LogP contribution in [0.2, 0.25) is 0 Å². The van der Waals surface area contributed by atoms with Crippen molar-refractivity contribution in [2.75, 3.05) is 11.9 Å². The van der Waals surface area contributed by atoms with Gasteiger partial charge in [0, 0.05) is 11.8 Å². The van der Waals surface area contributed by atoms with E-state index in [1.165, 1.54) is 29.5 Å². The number of carbonyl (C=O) groups excluding carboxylic acids is 3. The monoisotopic (exact) mass is 458 g/mol. The first-order valence-electron chi connectivity index (χ1n) is 10.3. The molecule has 164 valence electrons. The molecule has 3 heterocycles. The SMILES string of the molecule is CCOc1ccc2nc(NC(=O)c3ccc4c(c3)C(=O)N(Cc3ccccn3)C4=O)sc2c1.